The van der Waals surface area contributed by atoms with E-state index in [0.29, 0.717) is 4.64 Å². The molecule has 0 spiro atoms. The smallest absolute Gasteiger partial charge is 0.113 e. The fraction of sp³-hybridized carbons (Fsp3) is 0.0714. The van der Waals surface area contributed by atoms with Gasteiger partial charge in [-0.3, -0.25) is 4.98 Å². The number of rotatable bonds is 1. The van der Waals surface area contributed by atoms with E-state index in [1.165, 1.54) is 0 Å². The number of aryl methyl sites for hydroxylation is 1. The van der Waals surface area contributed by atoms with Crippen LogP contribution in [0.2, 0.25) is 0 Å². The molecule has 3 nitrogen and oxygen atoms in total. The summed E-state index contributed by atoms with van der Waals surface area (Å²) in [6.07, 6.45) is 3.37. The maximum absolute atomic E-state index is 5.27. The molecule has 0 unspecified atom stereocenters. The van der Waals surface area contributed by atoms with Crippen molar-refractivity contribution < 1.29 is 0 Å². The molecule has 0 aliphatic carbocycles. The number of nitrogens with zero attached hydrogens (tertiary/aromatic N) is 2. The number of pyridine rings is 1. The third-order valence-electron chi connectivity index (χ3n) is 2.86. The van der Waals surface area contributed by atoms with Crippen LogP contribution in [0.5, 0.6) is 0 Å². The van der Waals surface area contributed by atoms with Gasteiger partial charge in [-0.25, -0.2) is 4.98 Å². The molecule has 0 aliphatic heterocycles. The summed E-state index contributed by atoms with van der Waals surface area (Å²) >= 11 is 5.27. The summed E-state index contributed by atoms with van der Waals surface area (Å²) in [6.45, 7) is 1.99. The Balaban J connectivity index is 2.23. The Bertz CT molecular complexity index is 777. The van der Waals surface area contributed by atoms with Gasteiger partial charge in [0.1, 0.15) is 4.64 Å². The number of H-pyrrole nitrogens is 1. The molecule has 3 rings (SSSR count). The van der Waals surface area contributed by atoms with Crippen molar-refractivity contribution in [3.63, 3.8) is 0 Å². The quantitative estimate of drug-likeness (QED) is 0.673. The summed E-state index contributed by atoms with van der Waals surface area (Å²) in [6, 6.07) is 10.2. The zero-order valence-corrected chi connectivity index (χ0v) is 10.7. The summed E-state index contributed by atoms with van der Waals surface area (Å²) in [7, 11) is 0. The van der Waals surface area contributed by atoms with Crippen molar-refractivity contribution in [3.05, 3.63) is 53.2 Å². The second-order valence-corrected chi connectivity index (χ2v) is 4.56. The highest BCUT2D eigenvalue weighted by molar-refractivity contribution is 7.71. The second kappa shape index (κ2) is 4.31. The van der Waals surface area contributed by atoms with E-state index in [1.807, 2.05) is 25.1 Å². The first-order valence-corrected chi connectivity index (χ1v) is 6.05. The third kappa shape index (κ3) is 1.91. The standard InChI is InChI=1S/C14H11N3S/c1-9-2-3-11-6-10(4-5-13(11)17-9)12-7-15-8-16-14(12)18/h2-8H,1H3,(H,15,16,18). The summed E-state index contributed by atoms with van der Waals surface area (Å²) in [5.74, 6) is 0. The van der Waals surface area contributed by atoms with Crippen LogP contribution in [0, 0.1) is 11.6 Å². The van der Waals surface area contributed by atoms with Crippen LogP contribution in [0.15, 0.2) is 42.9 Å². The highest BCUT2D eigenvalue weighted by Crippen LogP contribution is 2.23. The van der Waals surface area contributed by atoms with Crippen molar-refractivity contribution in [3.8, 4) is 11.1 Å². The molecular formula is C14H11N3S. The topological polar surface area (TPSA) is 41.6 Å². The van der Waals surface area contributed by atoms with Crippen molar-refractivity contribution in [2.75, 3.05) is 0 Å². The van der Waals surface area contributed by atoms with E-state index in [2.05, 4.69) is 27.1 Å². The summed E-state index contributed by atoms with van der Waals surface area (Å²) < 4.78 is 0.699. The van der Waals surface area contributed by atoms with E-state index in [9.17, 15) is 0 Å². The number of benzene rings is 1. The number of nitrogens with one attached hydrogen (secondary N) is 1. The largest absolute Gasteiger partial charge is 0.337 e. The molecule has 0 atom stereocenters. The second-order valence-electron chi connectivity index (χ2n) is 4.15. The van der Waals surface area contributed by atoms with Gasteiger partial charge in [0.2, 0.25) is 0 Å². The number of aromatic nitrogens is 3. The maximum Gasteiger partial charge on any atom is 0.113 e. The minimum absolute atomic E-state index is 0.699. The van der Waals surface area contributed by atoms with Gasteiger partial charge in [0.15, 0.2) is 0 Å². The van der Waals surface area contributed by atoms with Crippen molar-refractivity contribution in [2.24, 2.45) is 0 Å². The molecule has 88 valence electrons. The lowest BCUT2D eigenvalue weighted by Gasteiger charge is -2.04. The molecule has 1 N–H and O–H groups in total. The SMILES string of the molecule is Cc1ccc2cc(-c3cnc[nH]c3=S)ccc2n1. The predicted octanol–water partition coefficient (Wildman–Crippen LogP) is 3.66. The van der Waals surface area contributed by atoms with Crippen molar-refractivity contribution >= 4 is 23.1 Å². The van der Waals surface area contributed by atoms with E-state index in [-0.39, 0.29) is 0 Å². The van der Waals surface area contributed by atoms with Crippen LogP contribution in [0.1, 0.15) is 5.69 Å². The molecule has 0 saturated carbocycles. The average Bonchev–Trinajstić information content (AvgIpc) is 2.39. The van der Waals surface area contributed by atoms with E-state index >= 15 is 0 Å². The average molecular weight is 253 g/mol. The van der Waals surface area contributed by atoms with Gasteiger partial charge in [-0.15, -0.1) is 0 Å². The summed E-state index contributed by atoms with van der Waals surface area (Å²) in [4.78, 5) is 11.5. The Morgan fingerprint density at radius 3 is 2.89 bits per heavy atom. The first-order valence-electron chi connectivity index (χ1n) is 5.64. The molecule has 0 saturated heterocycles. The van der Waals surface area contributed by atoms with E-state index < -0.39 is 0 Å². The van der Waals surface area contributed by atoms with Crippen molar-refractivity contribution in [1.82, 2.24) is 15.0 Å². The van der Waals surface area contributed by atoms with Gasteiger partial charge in [0, 0.05) is 22.8 Å². The Morgan fingerprint density at radius 1 is 1.17 bits per heavy atom. The van der Waals surface area contributed by atoms with Crippen LogP contribution in [0.4, 0.5) is 0 Å². The highest BCUT2D eigenvalue weighted by atomic mass is 32.1. The molecule has 0 aliphatic rings. The zero-order chi connectivity index (χ0) is 12.5. The first kappa shape index (κ1) is 11.0. The molecule has 2 heterocycles. The van der Waals surface area contributed by atoms with Gasteiger partial charge in [-0.05, 0) is 30.7 Å². The minimum atomic E-state index is 0.699. The predicted molar refractivity (Wildman–Crippen MR) is 74.9 cm³/mol. The van der Waals surface area contributed by atoms with Gasteiger partial charge >= 0.3 is 0 Å². The van der Waals surface area contributed by atoms with Gasteiger partial charge in [-0.1, -0.05) is 24.4 Å². The molecule has 0 radical (unpaired) electrons. The fourth-order valence-corrected chi connectivity index (χ4v) is 2.17. The van der Waals surface area contributed by atoms with E-state index in [0.717, 1.165) is 27.7 Å². The highest BCUT2D eigenvalue weighted by Gasteiger charge is 2.02. The van der Waals surface area contributed by atoms with Crippen LogP contribution in [0.3, 0.4) is 0 Å². The summed E-state index contributed by atoms with van der Waals surface area (Å²) in [5.41, 5.74) is 4.02. The molecule has 4 heteroatoms. The van der Waals surface area contributed by atoms with Crippen LogP contribution in [-0.4, -0.2) is 15.0 Å². The molecular weight excluding hydrogens is 242 g/mol. The molecule has 0 bridgehead atoms. The molecule has 18 heavy (non-hydrogen) atoms. The lowest BCUT2D eigenvalue weighted by molar-refractivity contribution is 1.15. The maximum atomic E-state index is 5.27. The Morgan fingerprint density at radius 2 is 2.06 bits per heavy atom. The molecule has 2 aromatic heterocycles. The number of aromatic amines is 1. The third-order valence-corrected chi connectivity index (χ3v) is 3.20. The normalized spacial score (nSPS) is 10.7. The minimum Gasteiger partial charge on any atom is -0.337 e. The van der Waals surface area contributed by atoms with Crippen LogP contribution in [0.25, 0.3) is 22.0 Å². The summed E-state index contributed by atoms with van der Waals surface area (Å²) in [5, 5.41) is 1.11. The van der Waals surface area contributed by atoms with E-state index in [4.69, 9.17) is 12.2 Å². The van der Waals surface area contributed by atoms with Crippen molar-refractivity contribution in [1.29, 1.82) is 0 Å². The van der Waals surface area contributed by atoms with Gasteiger partial charge in [0.05, 0.1) is 11.8 Å². The van der Waals surface area contributed by atoms with Crippen LogP contribution < -0.4 is 0 Å². The van der Waals surface area contributed by atoms with Crippen LogP contribution in [-0.2, 0) is 0 Å². The molecule has 3 aromatic rings. The Labute approximate surface area is 110 Å². The zero-order valence-electron chi connectivity index (χ0n) is 9.84. The Hall–Kier alpha value is -2.07. The molecule has 0 fully saturated rings. The van der Waals surface area contributed by atoms with Gasteiger partial charge < -0.3 is 4.98 Å². The van der Waals surface area contributed by atoms with Gasteiger partial charge in [-0.2, -0.15) is 0 Å². The monoisotopic (exact) mass is 253 g/mol. The number of hydrogen-bond donors (Lipinski definition) is 1. The molecule has 1 aromatic carbocycles. The number of hydrogen-bond acceptors (Lipinski definition) is 3. The molecule has 0 amide bonds. The number of fused-ring (bicyclic) bond motifs is 1. The van der Waals surface area contributed by atoms with Crippen LogP contribution >= 0.6 is 12.2 Å². The van der Waals surface area contributed by atoms with Gasteiger partial charge in [0.25, 0.3) is 0 Å². The Kier molecular flexibility index (Phi) is 2.64. The fourth-order valence-electron chi connectivity index (χ4n) is 1.94. The van der Waals surface area contributed by atoms with E-state index in [1.54, 1.807) is 12.5 Å². The lowest BCUT2D eigenvalue weighted by atomic mass is 10.1. The van der Waals surface area contributed by atoms with Crippen molar-refractivity contribution in [2.45, 2.75) is 6.92 Å². The first-order chi connectivity index (χ1) is 8.74. The lowest BCUT2D eigenvalue weighted by Crippen LogP contribution is -1.87.